The summed E-state index contributed by atoms with van der Waals surface area (Å²) >= 11 is 0. The van der Waals surface area contributed by atoms with Gasteiger partial charge in [0.1, 0.15) is 0 Å². The lowest BCUT2D eigenvalue weighted by Gasteiger charge is -2.20. The maximum absolute atomic E-state index is 6.32. The Balaban J connectivity index is 0.00000341. The second-order valence-electron chi connectivity index (χ2n) is 7.83. The number of aliphatic imine (C=N–C) groups is 1. The molecule has 1 fully saturated rings. The molecule has 1 aliphatic rings. The number of nitrogens with zero attached hydrogens (tertiary/aromatic N) is 3. The molecule has 1 heterocycles. The molecule has 0 bridgehead atoms. The summed E-state index contributed by atoms with van der Waals surface area (Å²) in [6, 6.07) is 8.14. The second kappa shape index (κ2) is 12.8. The van der Waals surface area contributed by atoms with Crippen molar-refractivity contribution in [1.82, 2.24) is 20.4 Å². The van der Waals surface area contributed by atoms with Gasteiger partial charge < -0.3 is 20.1 Å². The van der Waals surface area contributed by atoms with Crippen molar-refractivity contribution in [1.29, 1.82) is 0 Å². The van der Waals surface area contributed by atoms with Gasteiger partial charge in [-0.15, -0.1) is 24.0 Å². The molecule has 31 heavy (non-hydrogen) atoms. The molecule has 1 aromatic heterocycles. The van der Waals surface area contributed by atoms with Crippen molar-refractivity contribution < 1.29 is 9.47 Å². The SMILES string of the molecule is CN=C(NCCCn1nc(C)cc1C)NCc1cccc(OC)c1OC1CCCC1.I. The van der Waals surface area contributed by atoms with Crippen molar-refractivity contribution in [3.05, 3.63) is 41.2 Å². The Morgan fingerprint density at radius 3 is 2.65 bits per heavy atom. The molecule has 172 valence electrons. The number of methoxy groups -OCH3 is 1. The minimum Gasteiger partial charge on any atom is -0.493 e. The Bertz CT molecular complexity index is 846. The summed E-state index contributed by atoms with van der Waals surface area (Å²) in [5, 5.41) is 11.3. The van der Waals surface area contributed by atoms with Crippen LogP contribution in [0.4, 0.5) is 0 Å². The molecule has 3 rings (SSSR count). The van der Waals surface area contributed by atoms with E-state index in [0.29, 0.717) is 6.54 Å². The number of para-hydroxylation sites is 1. The van der Waals surface area contributed by atoms with Gasteiger partial charge in [-0.05, 0) is 58.1 Å². The predicted octanol–water partition coefficient (Wildman–Crippen LogP) is 4.20. The third-order valence-electron chi connectivity index (χ3n) is 5.48. The number of hydrogen-bond donors (Lipinski definition) is 2. The van der Waals surface area contributed by atoms with E-state index in [1.165, 1.54) is 18.5 Å². The van der Waals surface area contributed by atoms with Crippen molar-refractivity contribution >= 4 is 29.9 Å². The van der Waals surface area contributed by atoms with E-state index < -0.39 is 0 Å². The summed E-state index contributed by atoms with van der Waals surface area (Å²) in [5.41, 5.74) is 3.33. The first-order chi connectivity index (χ1) is 14.6. The summed E-state index contributed by atoms with van der Waals surface area (Å²) in [6.45, 7) is 6.45. The molecule has 1 aliphatic carbocycles. The zero-order valence-electron chi connectivity index (χ0n) is 19.1. The summed E-state index contributed by atoms with van der Waals surface area (Å²) in [7, 11) is 3.48. The van der Waals surface area contributed by atoms with Crippen LogP contribution in [0.3, 0.4) is 0 Å². The molecule has 0 saturated heterocycles. The summed E-state index contributed by atoms with van der Waals surface area (Å²) in [5.74, 6) is 2.41. The number of hydrogen-bond acceptors (Lipinski definition) is 4. The average molecular weight is 541 g/mol. The van der Waals surface area contributed by atoms with Crippen LogP contribution in [-0.2, 0) is 13.1 Å². The van der Waals surface area contributed by atoms with Crippen molar-refractivity contribution in [2.45, 2.75) is 65.1 Å². The molecular weight excluding hydrogens is 505 g/mol. The molecular formula is C23H36IN5O2. The molecule has 0 unspecified atom stereocenters. The Kier molecular flexibility index (Phi) is 10.4. The molecule has 0 spiro atoms. The van der Waals surface area contributed by atoms with Crippen LogP contribution in [0.15, 0.2) is 29.3 Å². The van der Waals surface area contributed by atoms with Gasteiger partial charge in [0.15, 0.2) is 17.5 Å². The Morgan fingerprint density at radius 1 is 1.23 bits per heavy atom. The highest BCUT2D eigenvalue weighted by Gasteiger charge is 2.20. The molecule has 2 N–H and O–H groups in total. The fraction of sp³-hybridized carbons (Fsp3) is 0.565. The zero-order valence-corrected chi connectivity index (χ0v) is 21.4. The summed E-state index contributed by atoms with van der Waals surface area (Å²) in [6.07, 6.45) is 5.96. The number of guanidine groups is 1. The topological polar surface area (TPSA) is 72.7 Å². The second-order valence-corrected chi connectivity index (χ2v) is 7.83. The van der Waals surface area contributed by atoms with Gasteiger partial charge in [0.2, 0.25) is 0 Å². The maximum atomic E-state index is 6.32. The third kappa shape index (κ3) is 7.29. The Morgan fingerprint density at radius 2 is 2.00 bits per heavy atom. The molecule has 0 atom stereocenters. The standard InChI is InChI=1S/C23H35N5O2.HI/c1-17-15-18(2)28(27-17)14-8-13-25-23(24-3)26-16-19-9-7-12-21(29-4)22(19)30-20-10-5-6-11-20;/h7,9,12,15,20H,5-6,8,10-11,13-14,16H2,1-4H3,(H2,24,25,26);1H. The maximum Gasteiger partial charge on any atom is 0.191 e. The van der Waals surface area contributed by atoms with Gasteiger partial charge in [0.05, 0.1) is 18.9 Å². The first-order valence-electron chi connectivity index (χ1n) is 10.9. The van der Waals surface area contributed by atoms with E-state index in [2.05, 4.69) is 44.5 Å². The van der Waals surface area contributed by atoms with Gasteiger partial charge in [-0.3, -0.25) is 9.67 Å². The van der Waals surface area contributed by atoms with E-state index >= 15 is 0 Å². The van der Waals surface area contributed by atoms with Crippen LogP contribution in [0.5, 0.6) is 11.5 Å². The normalized spacial score (nSPS) is 14.3. The highest BCUT2D eigenvalue weighted by Crippen LogP contribution is 2.34. The predicted molar refractivity (Wildman–Crippen MR) is 136 cm³/mol. The number of ether oxygens (including phenoxy) is 2. The number of nitrogens with one attached hydrogen (secondary N) is 2. The fourth-order valence-corrected chi connectivity index (χ4v) is 3.90. The first kappa shape index (κ1) is 25.3. The van der Waals surface area contributed by atoms with E-state index in [1.54, 1.807) is 14.2 Å². The van der Waals surface area contributed by atoms with Crippen molar-refractivity contribution in [2.75, 3.05) is 20.7 Å². The number of halogens is 1. The molecule has 1 saturated carbocycles. The number of benzene rings is 1. The Labute approximate surface area is 203 Å². The van der Waals surface area contributed by atoms with Gasteiger partial charge in [-0.2, -0.15) is 5.10 Å². The molecule has 0 amide bonds. The smallest absolute Gasteiger partial charge is 0.191 e. The molecule has 1 aromatic carbocycles. The van der Waals surface area contributed by atoms with Crippen molar-refractivity contribution in [3.8, 4) is 11.5 Å². The van der Waals surface area contributed by atoms with E-state index in [1.807, 2.05) is 19.1 Å². The lowest BCUT2D eigenvalue weighted by atomic mass is 10.1. The fourth-order valence-electron chi connectivity index (χ4n) is 3.90. The van der Waals surface area contributed by atoms with Gasteiger partial charge in [-0.1, -0.05) is 12.1 Å². The minimum absolute atomic E-state index is 0. The van der Waals surface area contributed by atoms with Crippen molar-refractivity contribution in [3.63, 3.8) is 0 Å². The van der Waals surface area contributed by atoms with Gasteiger partial charge >= 0.3 is 0 Å². The number of aromatic nitrogens is 2. The molecule has 8 heteroatoms. The highest BCUT2D eigenvalue weighted by atomic mass is 127. The highest BCUT2D eigenvalue weighted by molar-refractivity contribution is 14.0. The first-order valence-corrected chi connectivity index (χ1v) is 10.9. The molecule has 0 radical (unpaired) electrons. The molecule has 2 aromatic rings. The number of rotatable bonds is 9. The van der Waals surface area contributed by atoms with E-state index in [0.717, 1.165) is 61.1 Å². The molecule has 0 aliphatic heterocycles. The van der Waals surface area contributed by atoms with E-state index in [4.69, 9.17) is 9.47 Å². The lowest BCUT2D eigenvalue weighted by Crippen LogP contribution is -2.37. The van der Waals surface area contributed by atoms with Gasteiger partial charge in [0.25, 0.3) is 0 Å². The van der Waals surface area contributed by atoms with Crippen LogP contribution in [0.2, 0.25) is 0 Å². The van der Waals surface area contributed by atoms with Crippen LogP contribution in [0.1, 0.15) is 49.1 Å². The quantitative estimate of drug-likeness (QED) is 0.216. The van der Waals surface area contributed by atoms with Crippen molar-refractivity contribution in [2.24, 2.45) is 4.99 Å². The third-order valence-corrected chi connectivity index (χ3v) is 5.48. The largest absolute Gasteiger partial charge is 0.493 e. The average Bonchev–Trinajstić information content (AvgIpc) is 3.37. The monoisotopic (exact) mass is 541 g/mol. The van der Waals surface area contributed by atoms with E-state index in [9.17, 15) is 0 Å². The zero-order chi connectivity index (χ0) is 21.3. The van der Waals surface area contributed by atoms with Crippen LogP contribution in [-0.4, -0.2) is 42.5 Å². The summed E-state index contributed by atoms with van der Waals surface area (Å²) in [4.78, 5) is 4.34. The van der Waals surface area contributed by atoms with Gasteiger partial charge in [0, 0.05) is 37.9 Å². The van der Waals surface area contributed by atoms with E-state index in [-0.39, 0.29) is 30.1 Å². The van der Waals surface area contributed by atoms with Crippen LogP contribution < -0.4 is 20.1 Å². The Hall–Kier alpha value is -1.97. The van der Waals surface area contributed by atoms with Gasteiger partial charge in [-0.25, -0.2) is 0 Å². The van der Waals surface area contributed by atoms with Crippen LogP contribution >= 0.6 is 24.0 Å². The lowest BCUT2D eigenvalue weighted by molar-refractivity contribution is 0.198. The van der Waals surface area contributed by atoms with Crippen LogP contribution in [0, 0.1) is 13.8 Å². The van der Waals surface area contributed by atoms with Crippen LogP contribution in [0.25, 0.3) is 0 Å². The summed E-state index contributed by atoms with van der Waals surface area (Å²) < 4.78 is 13.9. The number of aryl methyl sites for hydroxylation is 3. The molecule has 7 nitrogen and oxygen atoms in total. The minimum atomic E-state index is 0.